The van der Waals surface area contributed by atoms with Gasteiger partial charge in [-0.15, -0.1) is 0 Å². The normalized spacial score (nSPS) is 30.8. The van der Waals surface area contributed by atoms with Gasteiger partial charge in [-0.2, -0.15) is 0 Å². The van der Waals surface area contributed by atoms with Crippen molar-refractivity contribution in [1.82, 2.24) is 0 Å². The second-order valence-corrected chi connectivity index (χ2v) is 4.57. The first-order valence-electron chi connectivity index (χ1n) is 6.29. The summed E-state index contributed by atoms with van der Waals surface area (Å²) in [6.07, 6.45) is 4.92. The lowest BCUT2D eigenvalue weighted by atomic mass is 9.97. The Morgan fingerprint density at radius 2 is 2.24 bits per heavy atom. The summed E-state index contributed by atoms with van der Waals surface area (Å²) in [5, 5.41) is 0. The minimum absolute atomic E-state index is 0.0900. The molecule has 2 rings (SSSR count). The van der Waals surface area contributed by atoms with Crippen LogP contribution in [-0.4, -0.2) is 37.5 Å². The lowest BCUT2D eigenvalue weighted by Gasteiger charge is -2.22. The summed E-state index contributed by atoms with van der Waals surface area (Å²) >= 11 is 0. The number of methoxy groups -OCH3 is 1. The molecule has 3 atom stereocenters. The molecule has 1 saturated heterocycles. The van der Waals surface area contributed by atoms with E-state index >= 15 is 0 Å². The Kier molecular flexibility index (Phi) is 3.84. The molecule has 0 aromatic heterocycles. The summed E-state index contributed by atoms with van der Waals surface area (Å²) in [6.45, 7) is 4.21. The van der Waals surface area contributed by atoms with Crippen LogP contribution in [0.5, 0.6) is 0 Å². The molecule has 4 nitrogen and oxygen atoms in total. The van der Waals surface area contributed by atoms with Gasteiger partial charge in [0.05, 0.1) is 19.3 Å². The highest BCUT2D eigenvalue weighted by Gasteiger charge is 2.49. The number of fused-ring (bicyclic) bond motifs is 1. The van der Waals surface area contributed by atoms with E-state index < -0.39 is 0 Å². The predicted molar refractivity (Wildman–Crippen MR) is 62.6 cm³/mol. The van der Waals surface area contributed by atoms with Crippen LogP contribution < -0.4 is 0 Å². The van der Waals surface area contributed by atoms with E-state index in [1.54, 1.807) is 0 Å². The van der Waals surface area contributed by atoms with Gasteiger partial charge in [-0.05, 0) is 18.9 Å². The van der Waals surface area contributed by atoms with Crippen molar-refractivity contribution in [3.63, 3.8) is 0 Å². The number of epoxide rings is 1. The topological polar surface area (TPSA) is 48.1 Å². The van der Waals surface area contributed by atoms with Crippen LogP contribution in [0.4, 0.5) is 0 Å². The second kappa shape index (κ2) is 5.19. The SMILES string of the molecule is CCC(CC)O[C@@H]1C=C(C(=O)OC)C[C@@H]2O[C@@H]21. The highest BCUT2D eigenvalue weighted by Crippen LogP contribution is 2.38. The van der Waals surface area contributed by atoms with Crippen LogP contribution in [0, 0.1) is 0 Å². The smallest absolute Gasteiger partial charge is 0.333 e. The van der Waals surface area contributed by atoms with E-state index in [1.807, 2.05) is 6.08 Å². The molecule has 0 radical (unpaired) electrons. The van der Waals surface area contributed by atoms with Crippen molar-refractivity contribution in [2.45, 2.75) is 57.5 Å². The summed E-state index contributed by atoms with van der Waals surface area (Å²) in [5.41, 5.74) is 0.683. The molecule has 1 fully saturated rings. The molecule has 0 aromatic rings. The van der Waals surface area contributed by atoms with Crippen LogP contribution in [0.2, 0.25) is 0 Å². The molecule has 96 valence electrons. The molecule has 0 amide bonds. The van der Waals surface area contributed by atoms with Crippen molar-refractivity contribution in [1.29, 1.82) is 0 Å². The van der Waals surface area contributed by atoms with Gasteiger partial charge in [0.1, 0.15) is 12.2 Å². The third kappa shape index (κ3) is 2.69. The molecule has 0 aromatic carbocycles. The van der Waals surface area contributed by atoms with E-state index in [1.165, 1.54) is 7.11 Å². The quantitative estimate of drug-likeness (QED) is 0.543. The Morgan fingerprint density at radius 3 is 2.82 bits per heavy atom. The van der Waals surface area contributed by atoms with E-state index in [2.05, 4.69) is 13.8 Å². The molecule has 0 N–H and O–H groups in total. The summed E-state index contributed by atoms with van der Waals surface area (Å²) in [4.78, 5) is 11.5. The van der Waals surface area contributed by atoms with E-state index in [-0.39, 0.29) is 30.4 Å². The molecule has 1 heterocycles. The third-order valence-corrected chi connectivity index (χ3v) is 3.44. The minimum Gasteiger partial charge on any atom is -0.466 e. The van der Waals surface area contributed by atoms with E-state index in [9.17, 15) is 4.79 Å². The van der Waals surface area contributed by atoms with Gasteiger partial charge in [0, 0.05) is 12.0 Å². The van der Waals surface area contributed by atoms with Crippen LogP contribution in [0.1, 0.15) is 33.1 Å². The Labute approximate surface area is 102 Å². The van der Waals surface area contributed by atoms with Gasteiger partial charge in [-0.3, -0.25) is 0 Å². The summed E-state index contributed by atoms with van der Waals surface area (Å²) in [7, 11) is 1.40. The van der Waals surface area contributed by atoms with Crippen molar-refractivity contribution in [3.8, 4) is 0 Å². The van der Waals surface area contributed by atoms with E-state index in [4.69, 9.17) is 14.2 Å². The van der Waals surface area contributed by atoms with Gasteiger partial charge in [-0.25, -0.2) is 4.79 Å². The Morgan fingerprint density at radius 1 is 1.53 bits per heavy atom. The van der Waals surface area contributed by atoms with Crippen molar-refractivity contribution >= 4 is 5.97 Å². The summed E-state index contributed by atoms with van der Waals surface area (Å²) in [5.74, 6) is -0.267. The maximum Gasteiger partial charge on any atom is 0.333 e. The van der Waals surface area contributed by atoms with Crippen molar-refractivity contribution < 1.29 is 19.0 Å². The number of esters is 1. The van der Waals surface area contributed by atoms with Crippen LogP contribution in [-0.2, 0) is 19.0 Å². The lowest BCUT2D eigenvalue weighted by molar-refractivity contribution is -0.136. The van der Waals surface area contributed by atoms with Gasteiger partial charge in [0.15, 0.2) is 0 Å². The molecule has 0 spiro atoms. The molecule has 17 heavy (non-hydrogen) atoms. The molecule has 1 aliphatic heterocycles. The van der Waals surface area contributed by atoms with Crippen LogP contribution >= 0.6 is 0 Å². The number of carbonyl (C=O) groups is 1. The molecule has 0 unspecified atom stereocenters. The van der Waals surface area contributed by atoms with Gasteiger partial charge < -0.3 is 14.2 Å². The fourth-order valence-corrected chi connectivity index (χ4v) is 2.29. The first-order valence-corrected chi connectivity index (χ1v) is 6.29. The highest BCUT2D eigenvalue weighted by molar-refractivity contribution is 5.89. The number of rotatable bonds is 5. The maximum absolute atomic E-state index is 11.5. The van der Waals surface area contributed by atoms with Crippen molar-refractivity contribution in [2.24, 2.45) is 0 Å². The highest BCUT2D eigenvalue weighted by atomic mass is 16.6. The second-order valence-electron chi connectivity index (χ2n) is 4.57. The fourth-order valence-electron chi connectivity index (χ4n) is 2.29. The Bertz CT molecular complexity index is 319. The molecular weight excluding hydrogens is 220 g/mol. The Hall–Kier alpha value is -0.870. The zero-order chi connectivity index (χ0) is 12.4. The predicted octanol–water partition coefficient (Wildman–Crippen LogP) is 1.83. The number of hydrogen-bond acceptors (Lipinski definition) is 4. The third-order valence-electron chi connectivity index (χ3n) is 3.44. The zero-order valence-electron chi connectivity index (χ0n) is 10.6. The summed E-state index contributed by atoms with van der Waals surface area (Å²) in [6, 6.07) is 0. The largest absolute Gasteiger partial charge is 0.466 e. The number of ether oxygens (including phenoxy) is 3. The molecule has 0 saturated carbocycles. The standard InChI is InChI=1S/C13H20O4/c1-4-9(5-2)16-10-6-8(13(14)15-3)7-11-12(10)17-11/h6,9-12H,4-5,7H2,1-3H3/t10-,11+,12-/m1/s1. The Balaban J connectivity index is 2.03. The molecule has 4 heteroatoms. The maximum atomic E-state index is 11.5. The average molecular weight is 240 g/mol. The van der Waals surface area contributed by atoms with Crippen molar-refractivity contribution in [2.75, 3.05) is 7.11 Å². The van der Waals surface area contributed by atoms with Crippen LogP contribution in [0.25, 0.3) is 0 Å². The van der Waals surface area contributed by atoms with Gasteiger partial charge in [0.25, 0.3) is 0 Å². The van der Waals surface area contributed by atoms with Crippen LogP contribution in [0.15, 0.2) is 11.6 Å². The first-order chi connectivity index (χ1) is 8.19. The number of hydrogen-bond donors (Lipinski definition) is 0. The van der Waals surface area contributed by atoms with Gasteiger partial charge in [0.2, 0.25) is 0 Å². The van der Waals surface area contributed by atoms with E-state index in [0.29, 0.717) is 12.0 Å². The van der Waals surface area contributed by atoms with E-state index in [0.717, 1.165) is 12.8 Å². The van der Waals surface area contributed by atoms with Gasteiger partial charge >= 0.3 is 5.97 Å². The average Bonchev–Trinajstić information content (AvgIpc) is 3.13. The molecule has 0 bridgehead atoms. The molecule has 2 aliphatic rings. The lowest BCUT2D eigenvalue weighted by Crippen LogP contribution is -2.29. The molecule has 1 aliphatic carbocycles. The number of carbonyl (C=O) groups excluding carboxylic acids is 1. The fraction of sp³-hybridized carbons (Fsp3) is 0.769. The van der Waals surface area contributed by atoms with Gasteiger partial charge in [-0.1, -0.05) is 13.8 Å². The molecular formula is C13H20O4. The minimum atomic E-state index is -0.267. The monoisotopic (exact) mass is 240 g/mol. The first kappa shape index (κ1) is 12.6. The van der Waals surface area contributed by atoms with Crippen LogP contribution in [0.3, 0.4) is 0 Å². The summed E-state index contributed by atoms with van der Waals surface area (Å²) < 4.78 is 16.2. The zero-order valence-corrected chi connectivity index (χ0v) is 10.6. The van der Waals surface area contributed by atoms with Crippen molar-refractivity contribution in [3.05, 3.63) is 11.6 Å².